The van der Waals surface area contributed by atoms with E-state index in [1.165, 1.54) is 11.3 Å². The van der Waals surface area contributed by atoms with E-state index >= 15 is 0 Å². The third-order valence-electron chi connectivity index (χ3n) is 3.73. The standard InChI is InChI=1S/C14H19N3O2S/c1-9-7-19-11(3)5-16(9)6-12-4-13(18)17-10(2)8-20-14(17)15-12/h4,8-9,11H,5-7H2,1-3H3/t9-,11+/m1/s1. The lowest BCUT2D eigenvalue weighted by atomic mass is 10.2. The maximum atomic E-state index is 12.2. The fourth-order valence-electron chi connectivity index (χ4n) is 2.58. The average Bonchev–Trinajstić information content (AvgIpc) is 2.76. The molecule has 1 fully saturated rings. The van der Waals surface area contributed by atoms with E-state index in [1.807, 2.05) is 12.3 Å². The summed E-state index contributed by atoms with van der Waals surface area (Å²) in [5.41, 5.74) is 1.80. The fraction of sp³-hybridized carbons (Fsp3) is 0.571. The molecule has 0 aromatic carbocycles. The molecule has 1 aliphatic heterocycles. The number of aryl methyl sites for hydroxylation is 1. The number of ether oxygens (including phenoxy) is 1. The smallest absolute Gasteiger partial charge is 0.259 e. The van der Waals surface area contributed by atoms with Gasteiger partial charge in [0.2, 0.25) is 0 Å². The normalized spacial score (nSPS) is 24.4. The Balaban J connectivity index is 1.89. The summed E-state index contributed by atoms with van der Waals surface area (Å²) in [5.74, 6) is 0. The first-order chi connectivity index (χ1) is 9.54. The molecule has 0 aliphatic carbocycles. The Labute approximate surface area is 121 Å². The monoisotopic (exact) mass is 293 g/mol. The van der Waals surface area contributed by atoms with E-state index in [-0.39, 0.29) is 11.7 Å². The van der Waals surface area contributed by atoms with Crippen LogP contribution < -0.4 is 5.56 Å². The van der Waals surface area contributed by atoms with E-state index in [0.29, 0.717) is 12.6 Å². The maximum Gasteiger partial charge on any atom is 0.259 e. The minimum absolute atomic E-state index is 0.0118. The van der Waals surface area contributed by atoms with Crippen LogP contribution >= 0.6 is 11.3 Å². The number of morpholine rings is 1. The lowest BCUT2D eigenvalue weighted by Gasteiger charge is -2.36. The molecule has 0 radical (unpaired) electrons. The topological polar surface area (TPSA) is 46.8 Å². The molecule has 0 amide bonds. The zero-order valence-corrected chi connectivity index (χ0v) is 12.8. The molecular formula is C14H19N3O2S. The van der Waals surface area contributed by atoms with Crippen LogP contribution in [-0.2, 0) is 11.3 Å². The summed E-state index contributed by atoms with van der Waals surface area (Å²) in [6.45, 7) is 8.47. The average molecular weight is 293 g/mol. The van der Waals surface area contributed by atoms with Gasteiger partial charge in [-0.15, -0.1) is 11.3 Å². The number of nitrogens with zero attached hydrogens (tertiary/aromatic N) is 3. The molecule has 3 rings (SSSR count). The second-order valence-corrected chi connectivity index (χ2v) is 6.34. The fourth-order valence-corrected chi connectivity index (χ4v) is 3.47. The molecule has 1 aliphatic rings. The van der Waals surface area contributed by atoms with Gasteiger partial charge in [-0.05, 0) is 20.8 Å². The quantitative estimate of drug-likeness (QED) is 0.845. The van der Waals surface area contributed by atoms with Crippen LogP contribution in [0.5, 0.6) is 0 Å². The summed E-state index contributed by atoms with van der Waals surface area (Å²) >= 11 is 1.51. The lowest BCUT2D eigenvalue weighted by molar-refractivity contribution is -0.0530. The van der Waals surface area contributed by atoms with Gasteiger partial charge in [0, 0.05) is 36.3 Å². The highest BCUT2D eigenvalue weighted by Crippen LogP contribution is 2.16. The molecule has 1 saturated heterocycles. The molecule has 108 valence electrons. The SMILES string of the molecule is Cc1csc2nc(CN3C[C@H](C)OC[C@H]3C)cc(=O)n12. The third kappa shape index (κ3) is 2.51. The number of rotatable bonds is 2. The number of hydrogen-bond acceptors (Lipinski definition) is 5. The second-order valence-electron chi connectivity index (χ2n) is 5.50. The molecule has 20 heavy (non-hydrogen) atoms. The van der Waals surface area contributed by atoms with Gasteiger partial charge in [0.05, 0.1) is 18.4 Å². The third-order valence-corrected chi connectivity index (χ3v) is 4.67. The molecular weight excluding hydrogens is 274 g/mol. The largest absolute Gasteiger partial charge is 0.376 e. The van der Waals surface area contributed by atoms with Crippen molar-refractivity contribution >= 4 is 16.3 Å². The van der Waals surface area contributed by atoms with Crippen LogP contribution in [0.25, 0.3) is 4.96 Å². The Morgan fingerprint density at radius 2 is 2.30 bits per heavy atom. The minimum atomic E-state index is 0.0118. The second kappa shape index (κ2) is 5.27. The van der Waals surface area contributed by atoms with Gasteiger partial charge in [-0.1, -0.05) is 0 Å². The van der Waals surface area contributed by atoms with E-state index < -0.39 is 0 Å². The predicted octanol–water partition coefficient (Wildman–Crippen LogP) is 1.67. The zero-order chi connectivity index (χ0) is 14.3. The molecule has 6 heteroatoms. The van der Waals surface area contributed by atoms with Crippen molar-refractivity contribution in [2.24, 2.45) is 0 Å². The van der Waals surface area contributed by atoms with Crippen molar-refractivity contribution < 1.29 is 4.74 Å². The van der Waals surface area contributed by atoms with Crippen LogP contribution in [0.4, 0.5) is 0 Å². The molecule has 3 heterocycles. The van der Waals surface area contributed by atoms with Gasteiger partial charge in [-0.3, -0.25) is 14.1 Å². The van der Waals surface area contributed by atoms with Crippen LogP contribution in [0.15, 0.2) is 16.2 Å². The van der Waals surface area contributed by atoms with E-state index in [0.717, 1.165) is 29.5 Å². The van der Waals surface area contributed by atoms with Crippen LogP contribution in [0.3, 0.4) is 0 Å². The van der Waals surface area contributed by atoms with Gasteiger partial charge in [-0.2, -0.15) is 0 Å². The Morgan fingerprint density at radius 1 is 1.50 bits per heavy atom. The number of fused-ring (bicyclic) bond motifs is 1. The van der Waals surface area contributed by atoms with Crippen molar-refractivity contribution in [1.29, 1.82) is 0 Å². The summed E-state index contributed by atoms with van der Waals surface area (Å²) in [4.78, 5) is 19.9. The maximum absolute atomic E-state index is 12.2. The molecule has 0 unspecified atom stereocenters. The molecule has 0 bridgehead atoms. The molecule has 0 N–H and O–H groups in total. The van der Waals surface area contributed by atoms with E-state index in [2.05, 4.69) is 23.7 Å². The Bertz CT molecular complexity index is 679. The molecule has 0 saturated carbocycles. The molecule has 2 aromatic rings. The van der Waals surface area contributed by atoms with Crippen molar-refractivity contribution in [1.82, 2.24) is 14.3 Å². The number of aromatic nitrogens is 2. The molecule has 2 aromatic heterocycles. The van der Waals surface area contributed by atoms with Crippen LogP contribution in [-0.4, -0.2) is 39.6 Å². The highest BCUT2D eigenvalue weighted by molar-refractivity contribution is 7.15. The van der Waals surface area contributed by atoms with Gasteiger partial charge < -0.3 is 4.74 Å². The van der Waals surface area contributed by atoms with Gasteiger partial charge >= 0.3 is 0 Å². The van der Waals surface area contributed by atoms with Crippen molar-refractivity contribution in [2.75, 3.05) is 13.2 Å². The van der Waals surface area contributed by atoms with Gasteiger partial charge in [0.1, 0.15) is 0 Å². The van der Waals surface area contributed by atoms with E-state index in [1.54, 1.807) is 10.5 Å². The van der Waals surface area contributed by atoms with Crippen molar-refractivity contribution in [3.05, 3.63) is 33.2 Å². The lowest BCUT2D eigenvalue weighted by Crippen LogP contribution is -2.46. The van der Waals surface area contributed by atoms with Gasteiger partial charge in [0.25, 0.3) is 5.56 Å². The summed E-state index contributed by atoms with van der Waals surface area (Å²) in [6, 6.07) is 2.01. The van der Waals surface area contributed by atoms with Crippen LogP contribution in [0.2, 0.25) is 0 Å². The highest BCUT2D eigenvalue weighted by Gasteiger charge is 2.24. The zero-order valence-electron chi connectivity index (χ0n) is 12.0. The van der Waals surface area contributed by atoms with Gasteiger partial charge in [-0.25, -0.2) is 4.98 Å². The van der Waals surface area contributed by atoms with Crippen molar-refractivity contribution in [3.63, 3.8) is 0 Å². The Kier molecular flexibility index (Phi) is 3.62. The summed E-state index contributed by atoms with van der Waals surface area (Å²) in [7, 11) is 0. The van der Waals surface area contributed by atoms with Crippen molar-refractivity contribution in [3.8, 4) is 0 Å². The molecule has 5 nitrogen and oxygen atoms in total. The Hall–Kier alpha value is -1.24. The number of thiazole rings is 1. The van der Waals surface area contributed by atoms with E-state index in [4.69, 9.17) is 4.74 Å². The van der Waals surface area contributed by atoms with E-state index in [9.17, 15) is 4.79 Å². The van der Waals surface area contributed by atoms with Crippen LogP contribution in [0.1, 0.15) is 25.2 Å². The highest BCUT2D eigenvalue weighted by atomic mass is 32.1. The minimum Gasteiger partial charge on any atom is -0.376 e. The first kappa shape index (κ1) is 13.7. The number of hydrogen-bond donors (Lipinski definition) is 0. The predicted molar refractivity (Wildman–Crippen MR) is 79.4 cm³/mol. The summed E-state index contributed by atoms with van der Waals surface area (Å²) < 4.78 is 7.30. The van der Waals surface area contributed by atoms with Gasteiger partial charge in [0.15, 0.2) is 4.96 Å². The van der Waals surface area contributed by atoms with Crippen LogP contribution in [0, 0.1) is 6.92 Å². The summed E-state index contributed by atoms with van der Waals surface area (Å²) in [5, 5.41) is 1.97. The first-order valence-electron chi connectivity index (χ1n) is 6.87. The molecule has 2 atom stereocenters. The van der Waals surface area contributed by atoms with Crippen molar-refractivity contribution in [2.45, 2.75) is 39.5 Å². The Morgan fingerprint density at radius 3 is 3.10 bits per heavy atom. The molecule has 0 spiro atoms. The first-order valence-corrected chi connectivity index (χ1v) is 7.75. The summed E-state index contributed by atoms with van der Waals surface area (Å²) in [6.07, 6.45) is 0.236.